The van der Waals surface area contributed by atoms with E-state index in [4.69, 9.17) is 19.2 Å². The summed E-state index contributed by atoms with van der Waals surface area (Å²) in [7, 11) is 4.99. The number of aryl methyl sites for hydroxylation is 1. The number of rotatable bonds is 12. The van der Waals surface area contributed by atoms with Gasteiger partial charge in [-0.05, 0) is 67.8 Å². The van der Waals surface area contributed by atoms with E-state index in [2.05, 4.69) is 27.4 Å². The van der Waals surface area contributed by atoms with E-state index in [1.807, 2.05) is 49.4 Å². The number of hydrogen-bond donors (Lipinski definition) is 1. The molecule has 0 unspecified atom stereocenters. The number of nitrogens with one attached hydrogen (secondary N) is 1. The highest BCUT2D eigenvalue weighted by Gasteiger charge is 2.20. The van der Waals surface area contributed by atoms with Gasteiger partial charge < -0.3 is 24.1 Å². The summed E-state index contributed by atoms with van der Waals surface area (Å²) in [5.74, 6) is 1.57. The summed E-state index contributed by atoms with van der Waals surface area (Å²) in [6.07, 6.45) is 1.58. The van der Waals surface area contributed by atoms with E-state index < -0.39 is 0 Å². The van der Waals surface area contributed by atoms with Gasteiger partial charge in [0.2, 0.25) is 0 Å². The van der Waals surface area contributed by atoms with Crippen LogP contribution in [-0.4, -0.2) is 49.9 Å². The van der Waals surface area contributed by atoms with Crippen LogP contribution in [0.3, 0.4) is 0 Å². The van der Waals surface area contributed by atoms with Crippen LogP contribution in [0.5, 0.6) is 11.5 Å². The Morgan fingerprint density at radius 3 is 2.32 bits per heavy atom. The molecule has 0 fully saturated rings. The van der Waals surface area contributed by atoms with E-state index in [0.717, 1.165) is 58.5 Å². The first-order chi connectivity index (χ1) is 18.0. The molecule has 0 aliphatic rings. The van der Waals surface area contributed by atoms with Crippen molar-refractivity contribution in [2.24, 2.45) is 0 Å². The quantitative estimate of drug-likeness (QED) is 0.246. The molecular weight excluding hydrogens is 486 g/mol. The van der Waals surface area contributed by atoms with Crippen molar-refractivity contribution in [3.63, 3.8) is 0 Å². The van der Waals surface area contributed by atoms with E-state index in [1.165, 1.54) is 5.56 Å². The van der Waals surface area contributed by atoms with Crippen molar-refractivity contribution in [1.82, 2.24) is 14.9 Å². The minimum atomic E-state index is -0.0799. The summed E-state index contributed by atoms with van der Waals surface area (Å²) < 4.78 is 17.9. The number of aromatic nitrogens is 2. The maximum atomic E-state index is 13.0. The third-order valence-corrected chi connectivity index (χ3v) is 7.20. The SMILES string of the molecule is COCCCNC(=O)c1cc(-c2csc(-c3ccc(OC)cc3)n2)n(CCc2ccc(OC)cc2)c1C. The number of thiazole rings is 1. The van der Waals surface area contributed by atoms with Crippen LogP contribution in [0, 0.1) is 6.92 Å². The zero-order valence-corrected chi connectivity index (χ0v) is 22.6. The Hall–Kier alpha value is -3.62. The van der Waals surface area contributed by atoms with Crippen molar-refractivity contribution < 1.29 is 19.0 Å². The van der Waals surface area contributed by atoms with Crippen LogP contribution in [0.15, 0.2) is 60.0 Å². The van der Waals surface area contributed by atoms with Crippen LogP contribution in [0.4, 0.5) is 0 Å². The molecule has 37 heavy (non-hydrogen) atoms. The molecule has 0 saturated carbocycles. The second-order valence-electron chi connectivity index (χ2n) is 8.65. The molecule has 1 N–H and O–H groups in total. The molecule has 4 rings (SSSR count). The molecule has 0 bridgehead atoms. The van der Waals surface area contributed by atoms with Gasteiger partial charge in [0.05, 0.1) is 31.2 Å². The summed E-state index contributed by atoms with van der Waals surface area (Å²) in [5.41, 5.74) is 5.60. The van der Waals surface area contributed by atoms with Gasteiger partial charge in [-0.1, -0.05) is 12.1 Å². The van der Waals surface area contributed by atoms with Crippen molar-refractivity contribution in [2.75, 3.05) is 34.5 Å². The van der Waals surface area contributed by atoms with E-state index >= 15 is 0 Å². The Labute approximate surface area is 222 Å². The van der Waals surface area contributed by atoms with Gasteiger partial charge in [-0.3, -0.25) is 4.79 Å². The lowest BCUT2D eigenvalue weighted by Gasteiger charge is -2.12. The molecule has 4 aromatic rings. The number of ether oxygens (including phenoxy) is 3. The van der Waals surface area contributed by atoms with Gasteiger partial charge in [-0.2, -0.15) is 0 Å². The lowest BCUT2D eigenvalue weighted by Crippen LogP contribution is -2.25. The van der Waals surface area contributed by atoms with Crippen LogP contribution in [0.1, 0.15) is 28.0 Å². The number of amides is 1. The molecule has 0 saturated heterocycles. The lowest BCUT2D eigenvalue weighted by atomic mass is 10.1. The maximum absolute atomic E-state index is 13.0. The monoisotopic (exact) mass is 519 g/mol. The molecule has 0 aliphatic heterocycles. The summed E-state index contributed by atoms with van der Waals surface area (Å²) in [6.45, 7) is 3.90. The zero-order chi connectivity index (χ0) is 26.2. The van der Waals surface area contributed by atoms with Gasteiger partial charge in [0.1, 0.15) is 16.5 Å². The average molecular weight is 520 g/mol. The molecule has 1 amide bonds. The van der Waals surface area contributed by atoms with Crippen molar-refractivity contribution in [3.8, 4) is 33.5 Å². The van der Waals surface area contributed by atoms with Gasteiger partial charge in [0.25, 0.3) is 5.91 Å². The summed E-state index contributed by atoms with van der Waals surface area (Å²) in [5, 5.41) is 5.99. The highest BCUT2D eigenvalue weighted by atomic mass is 32.1. The normalized spacial score (nSPS) is 10.9. The number of nitrogens with zero attached hydrogens (tertiary/aromatic N) is 2. The van der Waals surface area contributed by atoms with Crippen LogP contribution in [0.25, 0.3) is 22.0 Å². The van der Waals surface area contributed by atoms with Crippen LogP contribution in [-0.2, 0) is 17.7 Å². The molecule has 2 aromatic carbocycles. The summed E-state index contributed by atoms with van der Waals surface area (Å²) in [6, 6.07) is 17.9. The fourth-order valence-corrected chi connectivity index (χ4v) is 5.00. The Bertz CT molecular complexity index is 1310. The van der Waals surface area contributed by atoms with Gasteiger partial charge in [0, 0.05) is 43.4 Å². The number of benzene rings is 2. The molecule has 0 atom stereocenters. The highest BCUT2D eigenvalue weighted by molar-refractivity contribution is 7.13. The van der Waals surface area contributed by atoms with E-state index in [-0.39, 0.29) is 5.91 Å². The summed E-state index contributed by atoms with van der Waals surface area (Å²) >= 11 is 1.59. The second-order valence-corrected chi connectivity index (χ2v) is 9.51. The first kappa shape index (κ1) is 26.4. The molecule has 0 aliphatic carbocycles. The highest BCUT2D eigenvalue weighted by Crippen LogP contribution is 2.32. The Morgan fingerprint density at radius 1 is 1.00 bits per heavy atom. The standard InChI is InChI=1S/C29H33N3O4S/c1-20-25(28(33)30-15-5-17-34-2)18-27(32(20)16-14-21-6-10-23(35-3)11-7-21)26-19-37-29(31-26)22-8-12-24(36-4)13-9-22/h6-13,18-19H,5,14-17H2,1-4H3,(H,30,33). The average Bonchev–Trinajstić information content (AvgIpc) is 3.55. The minimum Gasteiger partial charge on any atom is -0.497 e. The Balaban J connectivity index is 1.62. The minimum absolute atomic E-state index is 0.0799. The zero-order valence-electron chi connectivity index (χ0n) is 21.7. The van der Waals surface area contributed by atoms with Gasteiger partial charge in [0.15, 0.2) is 0 Å². The molecule has 0 radical (unpaired) electrons. The van der Waals surface area contributed by atoms with Crippen molar-refractivity contribution in [3.05, 3.63) is 76.8 Å². The van der Waals surface area contributed by atoms with Crippen LogP contribution in [0.2, 0.25) is 0 Å². The van der Waals surface area contributed by atoms with Gasteiger partial charge in [-0.25, -0.2) is 4.98 Å². The smallest absolute Gasteiger partial charge is 0.253 e. The molecule has 7 nitrogen and oxygen atoms in total. The molecule has 8 heteroatoms. The number of carbonyl (C=O) groups is 1. The van der Waals surface area contributed by atoms with Crippen molar-refractivity contribution in [2.45, 2.75) is 26.3 Å². The molecule has 2 heterocycles. The predicted octanol–water partition coefficient (Wildman–Crippen LogP) is 5.61. The lowest BCUT2D eigenvalue weighted by molar-refractivity contribution is 0.0948. The Kier molecular flexibility index (Phi) is 8.98. The third-order valence-electron chi connectivity index (χ3n) is 6.31. The summed E-state index contributed by atoms with van der Waals surface area (Å²) in [4.78, 5) is 18.0. The van der Waals surface area contributed by atoms with Gasteiger partial charge >= 0.3 is 0 Å². The molecule has 0 spiro atoms. The maximum Gasteiger partial charge on any atom is 0.253 e. The van der Waals surface area contributed by atoms with Crippen molar-refractivity contribution >= 4 is 17.2 Å². The van der Waals surface area contributed by atoms with E-state index in [9.17, 15) is 4.79 Å². The fraction of sp³-hybridized carbons (Fsp3) is 0.310. The van der Waals surface area contributed by atoms with Crippen LogP contribution < -0.4 is 14.8 Å². The van der Waals surface area contributed by atoms with Crippen molar-refractivity contribution in [1.29, 1.82) is 0 Å². The second kappa shape index (κ2) is 12.6. The number of carbonyl (C=O) groups excluding carboxylic acids is 1. The molecular formula is C29H33N3O4S. The topological polar surface area (TPSA) is 74.6 Å². The molecule has 194 valence electrons. The number of methoxy groups -OCH3 is 3. The number of hydrogen-bond acceptors (Lipinski definition) is 6. The largest absolute Gasteiger partial charge is 0.497 e. The van der Waals surface area contributed by atoms with Crippen LogP contribution >= 0.6 is 11.3 Å². The predicted molar refractivity (Wildman–Crippen MR) is 148 cm³/mol. The third kappa shape index (κ3) is 6.39. The molecule has 2 aromatic heterocycles. The van der Waals surface area contributed by atoms with Gasteiger partial charge in [-0.15, -0.1) is 11.3 Å². The van der Waals surface area contributed by atoms with E-state index in [1.54, 1.807) is 32.7 Å². The fourth-order valence-electron chi connectivity index (χ4n) is 4.18. The first-order valence-electron chi connectivity index (χ1n) is 12.2. The van der Waals surface area contributed by atoms with E-state index in [0.29, 0.717) is 18.7 Å². The first-order valence-corrected chi connectivity index (χ1v) is 13.1. The Morgan fingerprint density at radius 2 is 1.68 bits per heavy atom.